The highest BCUT2D eigenvalue weighted by Crippen LogP contribution is 2.44. The molecule has 1 aliphatic carbocycles. The molecule has 70 heavy (non-hydrogen) atoms. The number of fused-ring (bicyclic) bond motifs is 3. The highest BCUT2D eigenvalue weighted by molar-refractivity contribution is 5.92. The SMILES string of the molecule is CC(=O)OC[C@H]1O[C@@H](OC[C@H](NC(=O)OCC2c3ccccc3-c3ccccc32)C(=O)NCC(=O)NCC(=O)NCC(=O)NCC(=O)OCc2ccccc2)[C@H](OC(C)=O)[C@@H](OC(C)=O)[C@@H]1OC(C)=O. The van der Waals surface area contributed by atoms with Gasteiger partial charge in [0.2, 0.25) is 23.6 Å². The zero-order chi connectivity index (χ0) is 50.7. The molecule has 5 N–H and O–H groups in total. The van der Waals surface area contributed by atoms with E-state index in [0.717, 1.165) is 55.5 Å². The summed E-state index contributed by atoms with van der Waals surface area (Å²) >= 11 is 0. The molecule has 23 nitrogen and oxygen atoms in total. The van der Waals surface area contributed by atoms with E-state index in [-0.39, 0.29) is 19.1 Å². The van der Waals surface area contributed by atoms with Crippen molar-refractivity contribution in [1.29, 1.82) is 0 Å². The average molecular weight is 976 g/mol. The van der Waals surface area contributed by atoms with E-state index in [0.29, 0.717) is 0 Å². The van der Waals surface area contributed by atoms with E-state index < -0.39 is 136 Å². The van der Waals surface area contributed by atoms with Gasteiger partial charge >= 0.3 is 35.9 Å². The lowest BCUT2D eigenvalue weighted by atomic mass is 9.98. The van der Waals surface area contributed by atoms with Crippen LogP contribution in [0.2, 0.25) is 0 Å². The van der Waals surface area contributed by atoms with E-state index in [9.17, 15) is 47.9 Å². The van der Waals surface area contributed by atoms with Crippen molar-refractivity contribution in [3.05, 3.63) is 95.6 Å². The Morgan fingerprint density at radius 2 is 1.06 bits per heavy atom. The zero-order valence-electron chi connectivity index (χ0n) is 38.6. The quantitative estimate of drug-likeness (QED) is 0.0664. The van der Waals surface area contributed by atoms with E-state index in [1.54, 1.807) is 30.3 Å². The molecule has 0 saturated carbocycles. The summed E-state index contributed by atoms with van der Waals surface area (Å²) in [6.07, 6.45) is -9.06. The fourth-order valence-electron chi connectivity index (χ4n) is 7.27. The predicted octanol–water partition coefficient (Wildman–Crippen LogP) is 0.202. The van der Waals surface area contributed by atoms with Crippen molar-refractivity contribution in [2.75, 3.05) is 46.0 Å². The van der Waals surface area contributed by atoms with Gasteiger partial charge in [0.1, 0.15) is 38.5 Å². The zero-order valence-corrected chi connectivity index (χ0v) is 38.6. The highest BCUT2D eigenvalue weighted by Gasteiger charge is 2.53. The third-order valence-corrected chi connectivity index (χ3v) is 10.3. The minimum Gasteiger partial charge on any atom is -0.463 e. The number of alkyl carbamates (subject to hydrolysis) is 1. The van der Waals surface area contributed by atoms with E-state index in [2.05, 4.69) is 26.6 Å². The van der Waals surface area contributed by atoms with E-state index in [1.807, 2.05) is 48.5 Å². The van der Waals surface area contributed by atoms with Crippen LogP contribution in [0.3, 0.4) is 0 Å². The fraction of sp³-hybridized carbons (Fsp3) is 0.404. The lowest BCUT2D eigenvalue weighted by Crippen LogP contribution is -2.63. The summed E-state index contributed by atoms with van der Waals surface area (Å²) < 4.78 is 43.9. The molecule has 0 bridgehead atoms. The van der Waals surface area contributed by atoms with Crippen molar-refractivity contribution in [2.45, 2.75) is 77.0 Å². The molecule has 6 atom stereocenters. The van der Waals surface area contributed by atoms with Gasteiger partial charge in [-0.15, -0.1) is 0 Å². The van der Waals surface area contributed by atoms with Gasteiger partial charge in [-0.25, -0.2) is 4.79 Å². The molecule has 0 unspecified atom stereocenters. The number of rotatable bonds is 22. The molecule has 0 spiro atoms. The summed E-state index contributed by atoms with van der Waals surface area (Å²) in [7, 11) is 0. The smallest absolute Gasteiger partial charge is 0.407 e. The Labute approximate surface area is 400 Å². The molecule has 3 aromatic carbocycles. The van der Waals surface area contributed by atoms with Crippen LogP contribution >= 0.6 is 0 Å². The van der Waals surface area contributed by atoms with Gasteiger partial charge in [-0.05, 0) is 27.8 Å². The largest absolute Gasteiger partial charge is 0.463 e. The fourth-order valence-corrected chi connectivity index (χ4v) is 7.27. The first-order valence-corrected chi connectivity index (χ1v) is 21.8. The molecule has 2 aliphatic rings. The van der Waals surface area contributed by atoms with Crippen LogP contribution in [0, 0.1) is 0 Å². The Hall–Kier alpha value is -7.92. The van der Waals surface area contributed by atoms with Crippen LogP contribution in [0.1, 0.15) is 50.3 Å². The van der Waals surface area contributed by atoms with E-state index in [1.165, 1.54) is 0 Å². The number of hydrogen-bond donors (Lipinski definition) is 5. The minimum absolute atomic E-state index is 0.00398. The van der Waals surface area contributed by atoms with Gasteiger partial charge in [-0.3, -0.25) is 43.2 Å². The predicted molar refractivity (Wildman–Crippen MR) is 238 cm³/mol. The molecule has 3 aromatic rings. The molecule has 1 aliphatic heterocycles. The van der Waals surface area contributed by atoms with E-state index in [4.69, 9.17) is 37.9 Å². The lowest BCUT2D eigenvalue weighted by molar-refractivity contribution is -0.308. The number of nitrogens with one attached hydrogen (secondary N) is 5. The topological polar surface area (TPSA) is 305 Å². The van der Waals surface area contributed by atoms with Gasteiger partial charge in [0.25, 0.3) is 0 Å². The van der Waals surface area contributed by atoms with Crippen molar-refractivity contribution >= 4 is 59.6 Å². The Balaban J connectivity index is 1.23. The van der Waals surface area contributed by atoms with Crippen LogP contribution in [0.15, 0.2) is 78.9 Å². The normalized spacial score (nSPS) is 18.2. The maximum Gasteiger partial charge on any atom is 0.407 e. The van der Waals surface area contributed by atoms with Gasteiger partial charge in [0.15, 0.2) is 24.6 Å². The molecule has 5 rings (SSSR count). The van der Waals surface area contributed by atoms with E-state index >= 15 is 0 Å². The standard InChI is InChI=1S/C47H53N5O18/c1-26(53)63-25-37-42(67-27(2)54)43(68-28(3)55)44(69-29(4)56)46(70-37)65-24-36(52-47(62)66-23-35-33-16-10-8-14-31(33)32-15-9-11-17-34(32)35)45(61)51-20-40(59)49-18-38(57)48-19-39(58)50-21-41(60)64-22-30-12-6-5-7-13-30/h5-17,35-37,42-44,46H,18-25H2,1-4H3,(H,48,57)(H,49,59)(H,50,58)(H,51,61)(H,52,62)/t36-,37+,42+,43-,44+,46+/m0/s1. The molecule has 23 heteroatoms. The summed E-state index contributed by atoms with van der Waals surface area (Å²) in [5.74, 6) is -7.97. The number of esters is 5. The van der Waals surface area contributed by atoms with Crippen LogP contribution in [-0.2, 0) is 87.7 Å². The molecule has 5 amide bonds. The molecule has 0 aromatic heterocycles. The molecular weight excluding hydrogens is 923 g/mol. The average Bonchev–Trinajstić information content (AvgIpc) is 3.65. The lowest BCUT2D eigenvalue weighted by Gasteiger charge is -2.44. The van der Waals surface area contributed by atoms with Crippen molar-refractivity contribution in [2.24, 2.45) is 0 Å². The van der Waals surface area contributed by atoms with Gasteiger partial charge < -0.3 is 64.5 Å². The summed E-state index contributed by atoms with van der Waals surface area (Å²) in [4.78, 5) is 125. The second-order valence-corrected chi connectivity index (χ2v) is 15.6. The molecule has 374 valence electrons. The summed E-state index contributed by atoms with van der Waals surface area (Å²) in [6.45, 7) is 0.260. The van der Waals surface area contributed by atoms with Crippen molar-refractivity contribution in [1.82, 2.24) is 26.6 Å². The summed E-state index contributed by atoms with van der Waals surface area (Å²) in [5, 5.41) is 11.6. The van der Waals surface area contributed by atoms with Crippen LogP contribution < -0.4 is 26.6 Å². The first-order valence-electron chi connectivity index (χ1n) is 21.8. The Morgan fingerprint density at radius 3 is 1.63 bits per heavy atom. The van der Waals surface area contributed by atoms with Gasteiger partial charge in [0, 0.05) is 33.6 Å². The number of carbonyl (C=O) groups excluding carboxylic acids is 10. The second-order valence-electron chi connectivity index (χ2n) is 15.6. The number of ether oxygens (including phenoxy) is 8. The second kappa shape index (κ2) is 26.0. The Morgan fingerprint density at radius 1 is 0.543 bits per heavy atom. The van der Waals surface area contributed by atoms with Crippen LogP contribution in [0.5, 0.6) is 0 Å². The monoisotopic (exact) mass is 975 g/mol. The Bertz CT molecular complexity index is 2350. The number of benzene rings is 3. The van der Waals surface area contributed by atoms with Gasteiger partial charge in [-0.1, -0.05) is 78.9 Å². The maximum absolute atomic E-state index is 13.8. The van der Waals surface area contributed by atoms with Crippen LogP contribution in [0.25, 0.3) is 11.1 Å². The van der Waals surface area contributed by atoms with Crippen LogP contribution in [0.4, 0.5) is 4.79 Å². The summed E-state index contributed by atoms with van der Waals surface area (Å²) in [6, 6.07) is 22.3. The van der Waals surface area contributed by atoms with Gasteiger partial charge in [0.05, 0.1) is 26.2 Å². The third-order valence-electron chi connectivity index (χ3n) is 10.3. The van der Waals surface area contributed by atoms with Crippen molar-refractivity contribution in [3.8, 4) is 11.1 Å². The maximum atomic E-state index is 13.8. The molecule has 1 heterocycles. The first-order chi connectivity index (χ1) is 33.5. The molecule has 1 saturated heterocycles. The molecular formula is C47H53N5O18. The van der Waals surface area contributed by atoms with Crippen molar-refractivity contribution < 1.29 is 85.8 Å². The third kappa shape index (κ3) is 16.1. The number of amides is 5. The van der Waals surface area contributed by atoms with Gasteiger partial charge in [-0.2, -0.15) is 0 Å². The van der Waals surface area contributed by atoms with Crippen molar-refractivity contribution in [3.63, 3.8) is 0 Å². The van der Waals surface area contributed by atoms with Crippen LogP contribution in [-0.4, -0.2) is 142 Å². The number of hydrogen-bond acceptors (Lipinski definition) is 18. The molecule has 1 fully saturated rings. The first kappa shape index (κ1) is 53.0. The highest BCUT2D eigenvalue weighted by atomic mass is 16.7. The number of carbonyl (C=O) groups is 10. The Kier molecular flexibility index (Phi) is 19.7. The summed E-state index contributed by atoms with van der Waals surface area (Å²) in [5.41, 5.74) is 4.46. The molecule has 0 radical (unpaired) electrons. The minimum atomic E-state index is -1.75.